The summed E-state index contributed by atoms with van der Waals surface area (Å²) in [6, 6.07) is 5.18. The van der Waals surface area contributed by atoms with Gasteiger partial charge in [0.05, 0.1) is 16.9 Å². The molecule has 2 rings (SSSR count). The lowest BCUT2D eigenvalue weighted by molar-refractivity contribution is 0.736. The van der Waals surface area contributed by atoms with Gasteiger partial charge in [-0.1, -0.05) is 23.2 Å². The molecule has 0 aliphatic heterocycles. The molecule has 0 aliphatic rings. The number of rotatable bonds is 3. The lowest BCUT2D eigenvalue weighted by Crippen LogP contribution is -2.28. The van der Waals surface area contributed by atoms with Crippen LogP contribution >= 0.6 is 35.4 Å². The highest BCUT2D eigenvalue weighted by atomic mass is 35.5. The number of halogens is 2. The second kappa shape index (κ2) is 6.43. The van der Waals surface area contributed by atoms with Gasteiger partial charge in [-0.3, -0.25) is 4.68 Å². The molecule has 0 saturated carbocycles. The van der Waals surface area contributed by atoms with Crippen LogP contribution in [0.1, 0.15) is 11.3 Å². The molecule has 0 saturated heterocycles. The Labute approximate surface area is 133 Å². The number of nitrogens with one attached hydrogen (secondary N) is 2. The predicted octanol–water partition coefficient (Wildman–Crippen LogP) is 3.52. The van der Waals surface area contributed by atoms with Gasteiger partial charge >= 0.3 is 0 Å². The molecule has 0 fully saturated rings. The number of benzene rings is 1. The number of hydrogen-bond donors (Lipinski definition) is 2. The summed E-state index contributed by atoms with van der Waals surface area (Å²) in [6.07, 6.45) is 1.82. The summed E-state index contributed by atoms with van der Waals surface area (Å²) in [5, 5.41) is 12.0. The van der Waals surface area contributed by atoms with Gasteiger partial charge in [-0.2, -0.15) is 5.10 Å². The van der Waals surface area contributed by atoms with Crippen LogP contribution in [0.25, 0.3) is 0 Å². The normalized spacial score (nSPS) is 10.4. The molecular formula is C13H14Cl2N4S. The van der Waals surface area contributed by atoms with Gasteiger partial charge in [-0.15, -0.1) is 0 Å². The topological polar surface area (TPSA) is 41.9 Å². The second-order valence-electron chi connectivity index (χ2n) is 4.31. The van der Waals surface area contributed by atoms with Crippen molar-refractivity contribution in [2.75, 3.05) is 5.32 Å². The van der Waals surface area contributed by atoms with Crippen molar-refractivity contribution in [1.29, 1.82) is 0 Å². The van der Waals surface area contributed by atoms with Crippen LogP contribution in [0.3, 0.4) is 0 Å². The maximum absolute atomic E-state index is 6.06. The molecule has 1 aromatic carbocycles. The molecule has 0 aliphatic carbocycles. The van der Waals surface area contributed by atoms with Gasteiger partial charge in [0.25, 0.3) is 0 Å². The summed E-state index contributed by atoms with van der Waals surface area (Å²) in [5.74, 6) is 0. The standard InChI is InChI=1S/C13H14Cl2N4S/c1-8-9(7-17-19(8)2)6-16-13(20)18-12-5-10(14)3-4-11(12)15/h3-5,7H,6H2,1-2H3,(H2,16,18,20). The molecule has 106 valence electrons. The van der Waals surface area contributed by atoms with Crippen molar-refractivity contribution in [2.24, 2.45) is 7.05 Å². The molecule has 4 nitrogen and oxygen atoms in total. The first-order valence-corrected chi connectivity index (χ1v) is 7.11. The third-order valence-corrected chi connectivity index (χ3v) is 3.76. The number of hydrogen-bond acceptors (Lipinski definition) is 2. The van der Waals surface area contributed by atoms with E-state index in [9.17, 15) is 0 Å². The van der Waals surface area contributed by atoms with Gasteiger partial charge in [-0.25, -0.2) is 0 Å². The van der Waals surface area contributed by atoms with Crippen molar-refractivity contribution in [3.05, 3.63) is 45.7 Å². The zero-order valence-electron chi connectivity index (χ0n) is 11.1. The van der Waals surface area contributed by atoms with Gasteiger partial charge in [-0.05, 0) is 37.3 Å². The van der Waals surface area contributed by atoms with Crippen LogP contribution in [0.4, 0.5) is 5.69 Å². The lowest BCUT2D eigenvalue weighted by Gasteiger charge is -2.12. The molecule has 0 amide bonds. The van der Waals surface area contributed by atoms with Gasteiger partial charge in [0.15, 0.2) is 5.11 Å². The minimum Gasteiger partial charge on any atom is -0.358 e. The Morgan fingerprint density at radius 1 is 1.40 bits per heavy atom. The van der Waals surface area contributed by atoms with E-state index in [4.69, 9.17) is 35.4 Å². The van der Waals surface area contributed by atoms with E-state index in [-0.39, 0.29) is 0 Å². The van der Waals surface area contributed by atoms with Crippen molar-refractivity contribution in [3.63, 3.8) is 0 Å². The van der Waals surface area contributed by atoms with Crippen LogP contribution in [0.2, 0.25) is 10.0 Å². The fourth-order valence-electron chi connectivity index (χ4n) is 1.65. The first-order chi connectivity index (χ1) is 9.47. The number of aromatic nitrogens is 2. The largest absolute Gasteiger partial charge is 0.358 e. The Kier molecular flexibility index (Phi) is 4.86. The van der Waals surface area contributed by atoms with E-state index in [1.807, 2.05) is 24.9 Å². The Morgan fingerprint density at radius 3 is 2.80 bits per heavy atom. The Bertz CT molecular complexity index is 639. The zero-order valence-corrected chi connectivity index (χ0v) is 13.4. The highest BCUT2D eigenvalue weighted by Gasteiger charge is 2.06. The summed E-state index contributed by atoms with van der Waals surface area (Å²) in [7, 11) is 1.90. The molecule has 2 aromatic rings. The van der Waals surface area contributed by atoms with Crippen molar-refractivity contribution >= 4 is 46.2 Å². The van der Waals surface area contributed by atoms with Crippen molar-refractivity contribution in [1.82, 2.24) is 15.1 Å². The van der Waals surface area contributed by atoms with Crippen LogP contribution in [0.5, 0.6) is 0 Å². The van der Waals surface area contributed by atoms with Crippen LogP contribution in [0, 0.1) is 6.92 Å². The van der Waals surface area contributed by atoms with Gasteiger partial charge in [0, 0.05) is 29.9 Å². The molecule has 2 N–H and O–H groups in total. The minimum absolute atomic E-state index is 0.484. The van der Waals surface area contributed by atoms with E-state index in [1.165, 1.54) is 0 Å². The minimum atomic E-state index is 0.484. The zero-order chi connectivity index (χ0) is 14.7. The second-order valence-corrected chi connectivity index (χ2v) is 5.56. The molecule has 0 radical (unpaired) electrons. The molecule has 1 heterocycles. The molecule has 0 bridgehead atoms. The Hall–Kier alpha value is -1.30. The maximum Gasteiger partial charge on any atom is 0.171 e. The average molecular weight is 329 g/mol. The molecule has 0 atom stereocenters. The number of nitrogens with zero attached hydrogens (tertiary/aromatic N) is 2. The van der Waals surface area contributed by atoms with Crippen molar-refractivity contribution < 1.29 is 0 Å². The van der Waals surface area contributed by atoms with Crippen LogP contribution in [0.15, 0.2) is 24.4 Å². The highest BCUT2D eigenvalue weighted by molar-refractivity contribution is 7.80. The molecule has 7 heteroatoms. The quantitative estimate of drug-likeness (QED) is 0.846. The monoisotopic (exact) mass is 328 g/mol. The van der Waals surface area contributed by atoms with E-state index >= 15 is 0 Å². The predicted molar refractivity (Wildman–Crippen MR) is 87.5 cm³/mol. The van der Waals surface area contributed by atoms with Gasteiger partial charge in [0.2, 0.25) is 0 Å². The Morgan fingerprint density at radius 2 is 2.15 bits per heavy atom. The molecule has 1 aromatic heterocycles. The smallest absolute Gasteiger partial charge is 0.171 e. The van der Waals surface area contributed by atoms with Crippen molar-refractivity contribution in [3.8, 4) is 0 Å². The molecule has 0 unspecified atom stereocenters. The van der Waals surface area contributed by atoms with Crippen molar-refractivity contribution in [2.45, 2.75) is 13.5 Å². The van der Waals surface area contributed by atoms with Gasteiger partial charge in [0.1, 0.15) is 0 Å². The first-order valence-electron chi connectivity index (χ1n) is 5.94. The number of aryl methyl sites for hydroxylation is 1. The van der Waals surface area contributed by atoms with Crippen LogP contribution < -0.4 is 10.6 Å². The van der Waals surface area contributed by atoms with E-state index < -0.39 is 0 Å². The van der Waals surface area contributed by atoms with E-state index in [0.717, 1.165) is 11.3 Å². The van der Waals surface area contributed by atoms with Gasteiger partial charge < -0.3 is 10.6 Å². The maximum atomic E-state index is 6.06. The average Bonchev–Trinajstić information content (AvgIpc) is 2.72. The van der Waals surface area contributed by atoms with Crippen LogP contribution in [-0.4, -0.2) is 14.9 Å². The number of thiocarbonyl (C=S) groups is 1. The third kappa shape index (κ3) is 3.62. The van der Waals surface area contributed by atoms with E-state index in [1.54, 1.807) is 18.2 Å². The third-order valence-electron chi connectivity index (χ3n) is 2.95. The summed E-state index contributed by atoms with van der Waals surface area (Å²) in [4.78, 5) is 0. The van der Waals surface area contributed by atoms with Crippen LogP contribution in [-0.2, 0) is 13.6 Å². The summed E-state index contributed by atoms with van der Waals surface area (Å²) in [6.45, 7) is 2.61. The summed E-state index contributed by atoms with van der Waals surface area (Å²) in [5.41, 5.74) is 2.87. The number of anilines is 1. The first kappa shape index (κ1) is 15.1. The molecular weight excluding hydrogens is 315 g/mol. The highest BCUT2D eigenvalue weighted by Crippen LogP contribution is 2.25. The Balaban J connectivity index is 1.96. The van der Waals surface area contributed by atoms with E-state index in [0.29, 0.717) is 27.4 Å². The molecule has 0 spiro atoms. The van der Waals surface area contributed by atoms with E-state index in [2.05, 4.69) is 15.7 Å². The lowest BCUT2D eigenvalue weighted by atomic mass is 10.2. The summed E-state index contributed by atoms with van der Waals surface area (Å²) < 4.78 is 1.82. The fourth-order valence-corrected chi connectivity index (χ4v) is 2.17. The SMILES string of the molecule is Cc1c(CNC(=S)Nc2cc(Cl)ccc2Cl)cnn1C. The summed E-state index contributed by atoms with van der Waals surface area (Å²) >= 11 is 17.2. The molecule has 20 heavy (non-hydrogen) atoms. The fraction of sp³-hybridized carbons (Fsp3) is 0.231.